The van der Waals surface area contributed by atoms with Crippen LogP contribution < -0.4 is 16.8 Å². The van der Waals surface area contributed by atoms with Crippen molar-refractivity contribution >= 4 is 45.7 Å². The number of aromatic nitrogens is 2. The van der Waals surface area contributed by atoms with E-state index in [1.54, 1.807) is 24.2 Å². The number of carbonyl (C=O) groups excluding carboxylic acids is 2. The van der Waals surface area contributed by atoms with Crippen molar-refractivity contribution in [3.8, 4) is 0 Å². The monoisotopic (exact) mass is 529 g/mol. The van der Waals surface area contributed by atoms with Gasteiger partial charge in [0.05, 0.1) is 28.3 Å². The van der Waals surface area contributed by atoms with Crippen molar-refractivity contribution in [2.45, 2.75) is 81.1 Å². The second-order valence-electron chi connectivity index (χ2n) is 9.88. The number of primary amides is 1. The molecule has 0 aliphatic rings. The molecular formula is C26H35N5O3S2. The molecule has 10 heteroatoms. The zero-order valence-corrected chi connectivity index (χ0v) is 22.9. The number of carbonyl (C=O) groups is 2. The molecule has 0 aliphatic heterocycles. The van der Waals surface area contributed by atoms with E-state index in [-0.39, 0.29) is 17.2 Å². The number of rotatable bonds is 12. The zero-order valence-electron chi connectivity index (χ0n) is 21.3. The summed E-state index contributed by atoms with van der Waals surface area (Å²) in [5, 5.41) is 3.44. The molecular weight excluding hydrogens is 494 g/mol. The molecule has 0 spiro atoms. The molecule has 3 rings (SSSR count). The minimum atomic E-state index is -0.415. The molecule has 0 fully saturated rings. The number of benzene rings is 1. The predicted molar refractivity (Wildman–Crippen MR) is 146 cm³/mol. The summed E-state index contributed by atoms with van der Waals surface area (Å²) in [7, 11) is 0. The first kappa shape index (κ1) is 27.7. The number of nitrogens with two attached hydrogens (primary N) is 2. The van der Waals surface area contributed by atoms with Crippen LogP contribution in [0.2, 0.25) is 0 Å². The number of amides is 2. The van der Waals surface area contributed by atoms with Gasteiger partial charge in [0.1, 0.15) is 5.76 Å². The standard InChI is InChI=1S/C26H35N5O3S2/c1-16-10-11-17(19(27)12-16)18(24(28)33)8-6-5-7-9-21(32)31-25-30-14-23(36-25)35-15-22-29-13-20(34-22)26(2,3)4/h10-14,18H,5-9,15,27H2,1-4H3,(H2,28,33)(H,30,31,32). The minimum Gasteiger partial charge on any atom is -0.444 e. The highest BCUT2D eigenvalue weighted by molar-refractivity contribution is 8.00. The first-order valence-corrected chi connectivity index (χ1v) is 13.8. The second-order valence-corrected chi connectivity index (χ2v) is 12.2. The number of nitrogens with zero attached hydrogens (tertiary/aromatic N) is 2. The number of thiazole rings is 1. The van der Waals surface area contributed by atoms with Crippen molar-refractivity contribution in [3.05, 3.63) is 53.4 Å². The Morgan fingerprint density at radius 2 is 1.94 bits per heavy atom. The molecule has 0 aliphatic carbocycles. The lowest BCUT2D eigenvalue weighted by atomic mass is 9.90. The Morgan fingerprint density at radius 1 is 1.17 bits per heavy atom. The summed E-state index contributed by atoms with van der Waals surface area (Å²) < 4.78 is 6.80. The third-order valence-electron chi connectivity index (χ3n) is 5.72. The molecule has 2 aromatic heterocycles. The summed E-state index contributed by atoms with van der Waals surface area (Å²) in [6.07, 6.45) is 6.84. The van der Waals surface area contributed by atoms with Gasteiger partial charge in [0.25, 0.3) is 0 Å². The number of unbranched alkanes of at least 4 members (excludes halogenated alkanes) is 2. The van der Waals surface area contributed by atoms with Gasteiger partial charge >= 0.3 is 0 Å². The number of hydrogen-bond donors (Lipinski definition) is 3. The zero-order chi connectivity index (χ0) is 26.3. The second kappa shape index (κ2) is 12.4. The van der Waals surface area contributed by atoms with Gasteiger partial charge in [-0.1, -0.05) is 57.1 Å². The van der Waals surface area contributed by atoms with E-state index in [1.165, 1.54) is 11.3 Å². The normalized spacial score (nSPS) is 12.4. The largest absolute Gasteiger partial charge is 0.444 e. The van der Waals surface area contributed by atoms with Crippen LogP contribution in [0.15, 0.2) is 39.2 Å². The molecule has 0 radical (unpaired) electrons. The topological polar surface area (TPSA) is 137 Å². The average molecular weight is 530 g/mol. The van der Waals surface area contributed by atoms with Crippen LogP contribution in [0.3, 0.4) is 0 Å². The van der Waals surface area contributed by atoms with Crippen LogP contribution in [0.1, 0.15) is 81.6 Å². The molecule has 1 unspecified atom stereocenters. The molecule has 2 amide bonds. The van der Waals surface area contributed by atoms with Crippen LogP contribution in [-0.2, 0) is 20.8 Å². The summed E-state index contributed by atoms with van der Waals surface area (Å²) in [5.74, 6) is 1.27. The van der Waals surface area contributed by atoms with Crippen molar-refractivity contribution in [2.75, 3.05) is 11.1 Å². The van der Waals surface area contributed by atoms with Gasteiger partial charge in [0, 0.05) is 17.5 Å². The number of thioether (sulfide) groups is 1. The molecule has 2 heterocycles. The Morgan fingerprint density at radius 3 is 2.61 bits per heavy atom. The van der Waals surface area contributed by atoms with Gasteiger partial charge in [-0.2, -0.15) is 0 Å². The Kier molecular flexibility index (Phi) is 9.56. The summed E-state index contributed by atoms with van der Waals surface area (Å²) in [5.41, 5.74) is 14.1. The van der Waals surface area contributed by atoms with Crippen LogP contribution in [-0.4, -0.2) is 21.8 Å². The van der Waals surface area contributed by atoms with E-state index < -0.39 is 5.92 Å². The highest BCUT2D eigenvalue weighted by atomic mass is 32.2. The molecule has 36 heavy (non-hydrogen) atoms. The third-order valence-corrected chi connectivity index (χ3v) is 7.81. The molecule has 0 saturated heterocycles. The summed E-state index contributed by atoms with van der Waals surface area (Å²) in [6.45, 7) is 8.21. The number of nitrogen functional groups attached to an aromatic ring is 1. The molecule has 0 bridgehead atoms. The van der Waals surface area contributed by atoms with E-state index >= 15 is 0 Å². The molecule has 1 aromatic carbocycles. The summed E-state index contributed by atoms with van der Waals surface area (Å²) in [4.78, 5) is 32.9. The van der Waals surface area contributed by atoms with E-state index in [4.69, 9.17) is 15.9 Å². The fourth-order valence-electron chi connectivity index (χ4n) is 3.70. The van der Waals surface area contributed by atoms with E-state index in [2.05, 4.69) is 36.1 Å². The maximum absolute atomic E-state index is 12.3. The van der Waals surface area contributed by atoms with Gasteiger partial charge in [-0.05, 0) is 37.0 Å². The maximum Gasteiger partial charge on any atom is 0.226 e. The van der Waals surface area contributed by atoms with Crippen LogP contribution in [0, 0.1) is 6.92 Å². The van der Waals surface area contributed by atoms with Gasteiger partial charge in [0.15, 0.2) is 5.13 Å². The maximum atomic E-state index is 12.3. The van der Waals surface area contributed by atoms with Crippen molar-refractivity contribution in [1.29, 1.82) is 0 Å². The number of oxazole rings is 1. The highest BCUT2D eigenvalue weighted by Crippen LogP contribution is 2.32. The number of hydrogen-bond acceptors (Lipinski definition) is 8. The van der Waals surface area contributed by atoms with Gasteiger partial charge in [-0.15, -0.1) is 11.8 Å². The summed E-state index contributed by atoms with van der Waals surface area (Å²) >= 11 is 3.01. The Hall–Kier alpha value is -2.85. The van der Waals surface area contributed by atoms with Gasteiger partial charge in [-0.3, -0.25) is 9.59 Å². The van der Waals surface area contributed by atoms with Gasteiger partial charge in [0.2, 0.25) is 17.7 Å². The van der Waals surface area contributed by atoms with Crippen LogP contribution in [0.5, 0.6) is 0 Å². The van der Waals surface area contributed by atoms with Crippen molar-refractivity contribution in [1.82, 2.24) is 9.97 Å². The Bertz CT molecular complexity index is 1180. The minimum absolute atomic E-state index is 0.0716. The fraction of sp³-hybridized carbons (Fsp3) is 0.462. The number of aryl methyl sites for hydroxylation is 1. The Labute approximate surface area is 220 Å². The van der Waals surface area contributed by atoms with E-state index in [0.29, 0.717) is 41.7 Å². The van der Waals surface area contributed by atoms with Crippen LogP contribution >= 0.6 is 23.1 Å². The van der Waals surface area contributed by atoms with Crippen molar-refractivity contribution < 1.29 is 14.0 Å². The van der Waals surface area contributed by atoms with E-state index in [0.717, 1.165) is 33.9 Å². The van der Waals surface area contributed by atoms with E-state index in [9.17, 15) is 9.59 Å². The number of nitrogens with one attached hydrogen (secondary N) is 1. The predicted octanol–water partition coefficient (Wildman–Crippen LogP) is 5.77. The molecule has 194 valence electrons. The van der Waals surface area contributed by atoms with Gasteiger partial charge in [-0.25, -0.2) is 9.97 Å². The van der Waals surface area contributed by atoms with Crippen LogP contribution in [0.25, 0.3) is 0 Å². The molecule has 5 N–H and O–H groups in total. The number of anilines is 2. The van der Waals surface area contributed by atoms with Crippen molar-refractivity contribution in [3.63, 3.8) is 0 Å². The smallest absolute Gasteiger partial charge is 0.226 e. The lowest BCUT2D eigenvalue weighted by Crippen LogP contribution is -2.22. The molecule has 1 atom stereocenters. The lowest BCUT2D eigenvalue weighted by molar-refractivity contribution is -0.119. The first-order chi connectivity index (χ1) is 17.0. The van der Waals surface area contributed by atoms with E-state index in [1.807, 2.05) is 25.1 Å². The van der Waals surface area contributed by atoms with Crippen molar-refractivity contribution in [2.24, 2.45) is 5.73 Å². The summed E-state index contributed by atoms with van der Waals surface area (Å²) in [6, 6.07) is 5.67. The average Bonchev–Trinajstić information content (AvgIpc) is 3.45. The first-order valence-electron chi connectivity index (χ1n) is 12.0. The molecule has 8 nitrogen and oxygen atoms in total. The molecule has 0 saturated carbocycles. The quantitative estimate of drug-likeness (QED) is 0.154. The SMILES string of the molecule is Cc1ccc(C(CCCCCC(=O)Nc2ncc(SCc3ncc(C(C)(C)C)o3)s2)C(N)=O)c(N)c1. The lowest BCUT2D eigenvalue weighted by Gasteiger charge is -2.16. The Balaban J connectivity index is 1.38. The fourth-order valence-corrected chi connectivity index (χ4v) is 5.44. The third kappa shape index (κ3) is 8.09. The van der Waals surface area contributed by atoms with Crippen LogP contribution in [0.4, 0.5) is 10.8 Å². The highest BCUT2D eigenvalue weighted by Gasteiger charge is 2.21. The molecule has 3 aromatic rings. The van der Waals surface area contributed by atoms with Gasteiger partial charge < -0.3 is 21.2 Å².